The summed E-state index contributed by atoms with van der Waals surface area (Å²) in [5.74, 6) is -0.0173. The molecule has 0 saturated heterocycles. The van der Waals surface area contributed by atoms with Crippen molar-refractivity contribution in [3.8, 4) is 0 Å². The molecule has 2 atom stereocenters. The van der Waals surface area contributed by atoms with Crippen LogP contribution in [0.1, 0.15) is 48.4 Å². The van der Waals surface area contributed by atoms with Gasteiger partial charge in [-0.25, -0.2) is 13.6 Å². The number of nitrogens with zero attached hydrogens (tertiary/aromatic N) is 1. The van der Waals surface area contributed by atoms with Crippen LogP contribution in [0.25, 0.3) is 0 Å². The number of amides is 1. The molecule has 138 valence electrons. The van der Waals surface area contributed by atoms with E-state index < -0.39 is 10.0 Å². The summed E-state index contributed by atoms with van der Waals surface area (Å²) in [4.78, 5) is 14.9. The summed E-state index contributed by atoms with van der Waals surface area (Å²) in [6.07, 6.45) is 2.89. The molecular formula is C20H24N2O3S. The third kappa shape index (κ3) is 3.66. The van der Waals surface area contributed by atoms with Crippen LogP contribution in [0.4, 0.5) is 0 Å². The molecule has 0 spiro atoms. The van der Waals surface area contributed by atoms with Crippen molar-refractivity contribution in [2.75, 3.05) is 7.05 Å². The van der Waals surface area contributed by atoms with Gasteiger partial charge < -0.3 is 4.90 Å². The number of primary sulfonamides is 1. The van der Waals surface area contributed by atoms with Crippen LogP contribution in [-0.2, 0) is 21.2 Å². The summed E-state index contributed by atoms with van der Waals surface area (Å²) in [6.45, 7) is 1.94. The van der Waals surface area contributed by atoms with Crippen molar-refractivity contribution >= 4 is 15.9 Å². The van der Waals surface area contributed by atoms with Crippen molar-refractivity contribution in [1.82, 2.24) is 4.90 Å². The molecule has 2 N–H and O–H groups in total. The lowest BCUT2D eigenvalue weighted by Crippen LogP contribution is -2.35. The standard InChI is InChI=1S/C20H24N2O3S/c1-14(15-10-12-17(13-11-15)26(21,24)25)22(2)20(23)19-9-5-7-16-6-3-4-8-18(16)19/h3-4,6,8,10-14,19H,5,7,9H2,1-2H3,(H2,21,24,25). The van der Waals surface area contributed by atoms with Gasteiger partial charge in [0.2, 0.25) is 15.9 Å². The number of likely N-dealkylation sites (N-methyl/N-ethyl adjacent to an activating group) is 1. The number of nitrogens with two attached hydrogens (primary N) is 1. The third-order valence-electron chi connectivity index (χ3n) is 5.29. The quantitative estimate of drug-likeness (QED) is 0.896. The van der Waals surface area contributed by atoms with Crippen molar-refractivity contribution in [2.24, 2.45) is 5.14 Å². The molecular weight excluding hydrogens is 348 g/mol. The monoisotopic (exact) mass is 372 g/mol. The first-order chi connectivity index (χ1) is 12.3. The zero-order valence-electron chi connectivity index (χ0n) is 15.1. The van der Waals surface area contributed by atoms with Crippen molar-refractivity contribution in [3.63, 3.8) is 0 Å². The highest BCUT2D eigenvalue weighted by Crippen LogP contribution is 2.34. The molecule has 0 heterocycles. The van der Waals surface area contributed by atoms with Gasteiger partial charge >= 0.3 is 0 Å². The van der Waals surface area contributed by atoms with E-state index in [4.69, 9.17) is 5.14 Å². The Morgan fingerprint density at radius 3 is 2.46 bits per heavy atom. The Bertz CT molecular complexity index is 907. The van der Waals surface area contributed by atoms with Crippen LogP contribution in [0.2, 0.25) is 0 Å². The predicted molar refractivity (Wildman–Crippen MR) is 101 cm³/mol. The second-order valence-corrected chi connectivity index (χ2v) is 8.44. The maximum absolute atomic E-state index is 13.1. The predicted octanol–water partition coefficient (Wildman–Crippen LogP) is 2.97. The van der Waals surface area contributed by atoms with Crippen LogP contribution in [0, 0.1) is 0 Å². The number of carbonyl (C=O) groups excluding carboxylic acids is 1. The van der Waals surface area contributed by atoms with Crippen molar-refractivity contribution in [2.45, 2.75) is 43.0 Å². The molecule has 0 aromatic heterocycles. The van der Waals surface area contributed by atoms with Gasteiger partial charge in [0.05, 0.1) is 16.9 Å². The number of rotatable bonds is 4. The molecule has 1 aliphatic rings. The van der Waals surface area contributed by atoms with Crippen LogP contribution in [0.5, 0.6) is 0 Å². The minimum atomic E-state index is -3.71. The van der Waals surface area contributed by atoms with Gasteiger partial charge in [0.15, 0.2) is 0 Å². The fourth-order valence-corrected chi connectivity index (χ4v) is 4.12. The molecule has 0 radical (unpaired) electrons. The van der Waals surface area contributed by atoms with Crippen molar-refractivity contribution in [3.05, 3.63) is 65.2 Å². The van der Waals surface area contributed by atoms with E-state index in [2.05, 4.69) is 12.1 Å². The van der Waals surface area contributed by atoms with Crippen molar-refractivity contribution < 1.29 is 13.2 Å². The van der Waals surface area contributed by atoms with E-state index in [1.54, 1.807) is 24.1 Å². The summed E-state index contributed by atoms with van der Waals surface area (Å²) in [6, 6.07) is 14.4. The smallest absolute Gasteiger partial charge is 0.238 e. The van der Waals surface area contributed by atoms with E-state index in [0.29, 0.717) is 0 Å². The van der Waals surface area contributed by atoms with Gasteiger partial charge in [0, 0.05) is 7.05 Å². The first-order valence-corrected chi connectivity index (χ1v) is 10.3. The molecule has 0 fully saturated rings. The minimum absolute atomic E-state index is 0.0728. The lowest BCUT2D eigenvalue weighted by Gasteiger charge is -2.32. The van der Waals surface area contributed by atoms with Crippen LogP contribution in [0.3, 0.4) is 0 Å². The molecule has 2 aromatic rings. The Morgan fingerprint density at radius 2 is 1.81 bits per heavy atom. The second-order valence-electron chi connectivity index (χ2n) is 6.88. The van der Waals surface area contributed by atoms with Crippen molar-refractivity contribution in [1.29, 1.82) is 0 Å². The molecule has 1 amide bonds. The summed E-state index contributed by atoms with van der Waals surface area (Å²) >= 11 is 0. The third-order valence-corrected chi connectivity index (χ3v) is 6.22. The Morgan fingerprint density at radius 1 is 1.15 bits per heavy atom. The Labute approximate surface area is 154 Å². The maximum Gasteiger partial charge on any atom is 0.238 e. The molecule has 26 heavy (non-hydrogen) atoms. The van der Waals surface area contributed by atoms with Gasteiger partial charge in [0.25, 0.3) is 0 Å². The summed E-state index contributed by atoms with van der Waals surface area (Å²) < 4.78 is 22.8. The summed E-state index contributed by atoms with van der Waals surface area (Å²) in [7, 11) is -1.91. The maximum atomic E-state index is 13.1. The highest BCUT2D eigenvalue weighted by atomic mass is 32.2. The molecule has 3 rings (SSSR count). The van der Waals surface area contributed by atoms with E-state index in [9.17, 15) is 13.2 Å². The largest absolute Gasteiger partial charge is 0.338 e. The van der Waals surface area contributed by atoms with Gasteiger partial charge in [-0.05, 0) is 55.0 Å². The van der Waals surface area contributed by atoms with Crippen LogP contribution >= 0.6 is 0 Å². The molecule has 6 heteroatoms. The van der Waals surface area contributed by atoms with E-state index >= 15 is 0 Å². The molecule has 1 aliphatic carbocycles. The zero-order chi connectivity index (χ0) is 18.9. The highest BCUT2D eigenvalue weighted by Gasteiger charge is 2.30. The number of hydrogen-bond acceptors (Lipinski definition) is 3. The summed E-state index contributed by atoms with van der Waals surface area (Å²) in [5, 5.41) is 5.14. The zero-order valence-corrected chi connectivity index (χ0v) is 15.9. The lowest BCUT2D eigenvalue weighted by molar-refractivity contribution is -0.133. The molecule has 2 aromatic carbocycles. The molecule has 0 aliphatic heterocycles. The van der Waals surface area contributed by atoms with E-state index in [0.717, 1.165) is 30.4 Å². The molecule has 5 nitrogen and oxygen atoms in total. The lowest BCUT2D eigenvalue weighted by atomic mass is 9.82. The Balaban J connectivity index is 1.81. The molecule has 0 bridgehead atoms. The fraction of sp³-hybridized carbons (Fsp3) is 0.350. The van der Waals surface area contributed by atoms with Gasteiger partial charge in [0.1, 0.15) is 0 Å². The fourth-order valence-electron chi connectivity index (χ4n) is 3.61. The van der Waals surface area contributed by atoms with Crippen LogP contribution in [-0.4, -0.2) is 26.3 Å². The van der Waals surface area contributed by atoms with Gasteiger partial charge in [-0.2, -0.15) is 0 Å². The highest BCUT2D eigenvalue weighted by molar-refractivity contribution is 7.89. The Hall–Kier alpha value is -2.18. The first kappa shape index (κ1) is 18.6. The average molecular weight is 372 g/mol. The average Bonchev–Trinajstić information content (AvgIpc) is 2.65. The molecule has 2 unspecified atom stereocenters. The minimum Gasteiger partial charge on any atom is -0.338 e. The topological polar surface area (TPSA) is 80.5 Å². The second kappa shape index (κ2) is 7.21. The van der Waals surface area contributed by atoms with E-state index in [1.807, 2.05) is 19.1 Å². The number of carbonyl (C=O) groups is 1. The van der Waals surface area contributed by atoms with Gasteiger partial charge in [-0.3, -0.25) is 4.79 Å². The number of aryl methyl sites for hydroxylation is 1. The number of fused-ring (bicyclic) bond motifs is 1. The Kier molecular flexibility index (Phi) is 5.16. The van der Waals surface area contributed by atoms with Gasteiger partial charge in [-0.15, -0.1) is 0 Å². The normalized spacial score (nSPS) is 18.0. The molecule has 0 saturated carbocycles. The SMILES string of the molecule is CC(c1ccc(S(N)(=O)=O)cc1)N(C)C(=O)C1CCCc2ccccc21. The number of hydrogen-bond donors (Lipinski definition) is 1. The van der Waals surface area contributed by atoms with E-state index in [-0.39, 0.29) is 22.8 Å². The number of sulfonamides is 1. The number of benzene rings is 2. The first-order valence-electron chi connectivity index (χ1n) is 8.76. The van der Waals surface area contributed by atoms with Gasteiger partial charge in [-0.1, -0.05) is 36.4 Å². The summed E-state index contributed by atoms with van der Waals surface area (Å²) in [5.41, 5.74) is 3.26. The van der Waals surface area contributed by atoms with Crippen LogP contribution in [0.15, 0.2) is 53.4 Å². The van der Waals surface area contributed by atoms with Crippen LogP contribution < -0.4 is 5.14 Å². The van der Waals surface area contributed by atoms with E-state index in [1.165, 1.54) is 17.7 Å².